The number of anilines is 1. The van der Waals surface area contributed by atoms with Gasteiger partial charge in [0.15, 0.2) is 0 Å². The summed E-state index contributed by atoms with van der Waals surface area (Å²) >= 11 is 12.0. The van der Waals surface area contributed by atoms with Crippen LogP contribution in [-0.4, -0.2) is 11.5 Å². The average Bonchev–Trinajstić information content (AvgIpc) is 2.39. The second-order valence-corrected chi connectivity index (χ2v) is 4.99. The Kier molecular flexibility index (Phi) is 4.78. The Morgan fingerprint density at radius 1 is 1.15 bits per heavy atom. The summed E-state index contributed by atoms with van der Waals surface area (Å²) in [5.41, 5.74) is -0.223. The van der Waals surface area contributed by atoms with Crippen LogP contribution < -0.4 is 5.32 Å². The number of benzene rings is 1. The Balaban J connectivity index is 2.56. The van der Waals surface area contributed by atoms with Gasteiger partial charge in [-0.15, -0.1) is 0 Å². The normalized spacial score (nSPS) is 10.7. The molecule has 1 heterocycles. The molecule has 2 aromatic rings. The molecule has 0 unspecified atom stereocenters. The van der Waals surface area contributed by atoms with Gasteiger partial charge in [0.05, 0.1) is 21.3 Å². The van der Waals surface area contributed by atoms with Gasteiger partial charge < -0.3 is 5.32 Å². The van der Waals surface area contributed by atoms with Gasteiger partial charge in [0.2, 0.25) is 0 Å². The van der Waals surface area contributed by atoms with Gasteiger partial charge in [0, 0.05) is 6.54 Å². The third kappa shape index (κ3) is 3.02. The molecule has 0 bridgehead atoms. The van der Waals surface area contributed by atoms with Crippen LogP contribution in [-0.2, 0) is 0 Å². The lowest BCUT2D eigenvalue weighted by Gasteiger charge is -2.11. The number of halogens is 4. The minimum Gasteiger partial charge on any atom is -0.369 e. The molecule has 2 rings (SSSR count). The fourth-order valence-corrected chi connectivity index (χ4v) is 2.25. The van der Waals surface area contributed by atoms with Crippen LogP contribution in [0.15, 0.2) is 24.3 Å². The van der Waals surface area contributed by atoms with E-state index in [1.165, 1.54) is 12.1 Å². The molecular weight excluding hydrogens is 305 g/mol. The molecular formula is C14H12Cl2F2N2. The van der Waals surface area contributed by atoms with Crippen LogP contribution >= 0.6 is 23.2 Å². The van der Waals surface area contributed by atoms with Crippen molar-refractivity contribution in [3.63, 3.8) is 0 Å². The van der Waals surface area contributed by atoms with E-state index in [1.54, 1.807) is 0 Å². The van der Waals surface area contributed by atoms with Gasteiger partial charge >= 0.3 is 0 Å². The largest absolute Gasteiger partial charge is 0.369 e. The Hall–Kier alpha value is -1.39. The number of hydrogen-bond donors (Lipinski definition) is 1. The summed E-state index contributed by atoms with van der Waals surface area (Å²) < 4.78 is 27.6. The number of nitrogens with zero attached hydrogens (tertiary/aromatic N) is 1. The Morgan fingerprint density at radius 3 is 2.40 bits per heavy atom. The molecule has 0 amide bonds. The van der Waals surface area contributed by atoms with Crippen molar-refractivity contribution in [3.05, 3.63) is 45.9 Å². The molecule has 0 atom stereocenters. The zero-order valence-corrected chi connectivity index (χ0v) is 12.2. The van der Waals surface area contributed by atoms with Crippen LogP contribution in [0.3, 0.4) is 0 Å². The van der Waals surface area contributed by atoms with E-state index >= 15 is 0 Å². The van der Waals surface area contributed by atoms with E-state index in [0.29, 0.717) is 17.4 Å². The molecule has 1 aromatic heterocycles. The first-order valence-electron chi connectivity index (χ1n) is 6.09. The van der Waals surface area contributed by atoms with Crippen LogP contribution in [0.2, 0.25) is 10.0 Å². The Labute approximate surface area is 125 Å². The van der Waals surface area contributed by atoms with Gasteiger partial charge in [-0.2, -0.15) is 0 Å². The molecule has 1 N–H and O–H groups in total. The summed E-state index contributed by atoms with van der Waals surface area (Å²) in [6, 6.07) is 5.03. The highest BCUT2D eigenvalue weighted by molar-refractivity contribution is 6.37. The molecule has 1 aromatic carbocycles. The van der Waals surface area contributed by atoms with Crippen LogP contribution in [0.1, 0.15) is 13.3 Å². The summed E-state index contributed by atoms with van der Waals surface area (Å²) in [7, 11) is 0. The molecule has 106 valence electrons. The minimum absolute atomic E-state index is 0.0327. The maximum Gasteiger partial charge on any atom is 0.145 e. The quantitative estimate of drug-likeness (QED) is 0.843. The third-order valence-corrected chi connectivity index (χ3v) is 3.25. The number of hydrogen-bond acceptors (Lipinski definition) is 2. The highest BCUT2D eigenvalue weighted by Gasteiger charge is 2.18. The zero-order chi connectivity index (χ0) is 14.7. The van der Waals surface area contributed by atoms with Gasteiger partial charge in [0.25, 0.3) is 0 Å². The molecule has 0 aliphatic rings. The zero-order valence-electron chi connectivity index (χ0n) is 10.7. The molecule has 0 saturated carbocycles. The first-order valence-corrected chi connectivity index (χ1v) is 6.84. The van der Waals surface area contributed by atoms with Crippen molar-refractivity contribution in [1.82, 2.24) is 4.98 Å². The van der Waals surface area contributed by atoms with Crippen molar-refractivity contribution in [2.24, 2.45) is 0 Å². The van der Waals surface area contributed by atoms with E-state index in [2.05, 4.69) is 10.3 Å². The summed E-state index contributed by atoms with van der Waals surface area (Å²) in [5, 5.41) is 3.40. The molecule has 0 spiro atoms. The molecule has 0 fully saturated rings. The summed E-state index contributed by atoms with van der Waals surface area (Å²) in [6.07, 6.45) is 0.865. The first-order chi connectivity index (χ1) is 9.54. The van der Waals surface area contributed by atoms with Crippen LogP contribution in [0.5, 0.6) is 0 Å². The fourth-order valence-electron chi connectivity index (χ4n) is 1.73. The van der Waals surface area contributed by atoms with E-state index in [9.17, 15) is 8.78 Å². The van der Waals surface area contributed by atoms with Crippen molar-refractivity contribution < 1.29 is 8.78 Å². The van der Waals surface area contributed by atoms with Crippen molar-refractivity contribution in [2.75, 3.05) is 11.9 Å². The lowest BCUT2D eigenvalue weighted by atomic mass is 10.1. The van der Waals surface area contributed by atoms with E-state index < -0.39 is 11.6 Å². The van der Waals surface area contributed by atoms with Crippen LogP contribution in [0.4, 0.5) is 14.6 Å². The summed E-state index contributed by atoms with van der Waals surface area (Å²) in [4.78, 5) is 4.15. The topological polar surface area (TPSA) is 24.9 Å². The highest BCUT2D eigenvalue weighted by atomic mass is 35.5. The lowest BCUT2D eigenvalue weighted by molar-refractivity contribution is 0.588. The predicted octanol–water partition coefficient (Wildman–Crippen LogP) is 5.16. The number of aromatic nitrogens is 1. The molecule has 0 aliphatic carbocycles. The maximum absolute atomic E-state index is 13.8. The molecule has 0 aliphatic heterocycles. The van der Waals surface area contributed by atoms with Crippen molar-refractivity contribution in [1.29, 1.82) is 0 Å². The van der Waals surface area contributed by atoms with E-state index in [1.807, 2.05) is 6.92 Å². The van der Waals surface area contributed by atoms with Crippen LogP contribution in [0, 0.1) is 11.6 Å². The van der Waals surface area contributed by atoms with E-state index in [-0.39, 0.29) is 16.3 Å². The first kappa shape index (κ1) is 15.0. The molecule has 20 heavy (non-hydrogen) atoms. The smallest absolute Gasteiger partial charge is 0.145 e. The maximum atomic E-state index is 13.8. The van der Waals surface area contributed by atoms with E-state index in [0.717, 1.165) is 18.6 Å². The monoisotopic (exact) mass is 316 g/mol. The van der Waals surface area contributed by atoms with Crippen molar-refractivity contribution in [2.45, 2.75) is 13.3 Å². The fraction of sp³-hybridized carbons (Fsp3) is 0.214. The second kappa shape index (κ2) is 6.37. The highest BCUT2D eigenvalue weighted by Crippen LogP contribution is 2.34. The SMILES string of the molecule is CCCNc1nc(-c2c(F)cccc2F)c(Cl)cc1Cl. The van der Waals surface area contributed by atoms with E-state index in [4.69, 9.17) is 23.2 Å². The number of nitrogens with one attached hydrogen (secondary N) is 1. The standard InChI is InChI=1S/C14H12Cl2F2N2/c1-2-6-19-14-9(16)7-8(15)13(20-14)12-10(17)4-3-5-11(12)18/h3-5,7H,2,6H2,1H3,(H,19,20). The van der Waals surface area contributed by atoms with Crippen molar-refractivity contribution in [3.8, 4) is 11.3 Å². The number of pyridine rings is 1. The third-order valence-electron chi connectivity index (χ3n) is 2.67. The van der Waals surface area contributed by atoms with Crippen LogP contribution in [0.25, 0.3) is 11.3 Å². The molecule has 0 radical (unpaired) electrons. The molecule has 0 saturated heterocycles. The van der Waals surface area contributed by atoms with Gasteiger partial charge in [0.1, 0.15) is 17.5 Å². The molecule has 2 nitrogen and oxygen atoms in total. The number of rotatable bonds is 4. The van der Waals surface area contributed by atoms with Gasteiger partial charge in [-0.1, -0.05) is 36.2 Å². The Bertz CT molecular complexity index is 613. The summed E-state index contributed by atoms with van der Waals surface area (Å²) in [5.74, 6) is -1.08. The average molecular weight is 317 g/mol. The van der Waals surface area contributed by atoms with Gasteiger partial charge in [-0.25, -0.2) is 13.8 Å². The van der Waals surface area contributed by atoms with Crippen molar-refractivity contribution >= 4 is 29.0 Å². The van der Waals surface area contributed by atoms with Gasteiger partial charge in [-0.3, -0.25) is 0 Å². The minimum atomic E-state index is -0.719. The summed E-state index contributed by atoms with van der Waals surface area (Å²) in [6.45, 7) is 2.63. The lowest BCUT2D eigenvalue weighted by Crippen LogP contribution is -2.04. The molecule has 6 heteroatoms. The Morgan fingerprint density at radius 2 is 1.80 bits per heavy atom. The second-order valence-electron chi connectivity index (χ2n) is 4.17. The van der Waals surface area contributed by atoms with Gasteiger partial charge in [-0.05, 0) is 24.6 Å². The predicted molar refractivity (Wildman–Crippen MR) is 78.4 cm³/mol.